The molecule has 130 valence electrons. The van der Waals surface area contributed by atoms with Crippen LogP contribution in [0.15, 0.2) is 22.8 Å². The zero-order valence-electron chi connectivity index (χ0n) is 12.7. The first kappa shape index (κ1) is 17.3. The Morgan fingerprint density at radius 2 is 2.08 bits per heavy atom. The molecular formula is C15H16BrNO6S. The van der Waals surface area contributed by atoms with Crippen LogP contribution in [0.3, 0.4) is 0 Å². The van der Waals surface area contributed by atoms with E-state index in [1.807, 2.05) is 0 Å². The lowest BCUT2D eigenvalue weighted by atomic mass is 9.97. The van der Waals surface area contributed by atoms with Gasteiger partial charge in [-0.3, -0.25) is 13.7 Å². The quantitative estimate of drug-likeness (QED) is 0.638. The molecule has 9 heteroatoms. The van der Waals surface area contributed by atoms with Crippen molar-refractivity contribution in [2.24, 2.45) is 0 Å². The summed E-state index contributed by atoms with van der Waals surface area (Å²) in [5, 5.41) is 10.1. The van der Waals surface area contributed by atoms with Crippen molar-refractivity contribution in [1.82, 2.24) is 4.57 Å². The maximum absolute atomic E-state index is 12.1. The number of fused-ring (bicyclic) bond motifs is 1. The average molecular weight is 418 g/mol. The summed E-state index contributed by atoms with van der Waals surface area (Å²) in [5.74, 6) is -0.303. The summed E-state index contributed by atoms with van der Waals surface area (Å²) in [6.45, 7) is 0. The van der Waals surface area contributed by atoms with Gasteiger partial charge in [0.25, 0.3) is 0 Å². The molecule has 1 aliphatic heterocycles. The maximum atomic E-state index is 12.1. The molecule has 0 amide bonds. The second-order valence-electron chi connectivity index (χ2n) is 5.74. The molecule has 1 atom stereocenters. The topological polar surface area (TPSA) is 109 Å². The van der Waals surface area contributed by atoms with Crippen LogP contribution in [0.4, 0.5) is 4.79 Å². The molecule has 2 aromatic rings. The number of nitrogens with zero attached hydrogens (tertiary/aromatic N) is 1. The zero-order chi connectivity index (χ0) is 17.6. The molecular weight excluding hydrogens is 402 g/mol. The molecule has 1 aliphatic rings. The molecule has 1 fully saturated rings. The molecule has 0 radical (unpaired) electrons. The maximum Gasteiger partial charge on any atom is 0.416 e. The molecule has 1 saturated heterocycles. The Bertz CT molecular complexity index is 846. The van der Waals surface area contributed by atoms with Gasteiger partial charge in [0.1, 0.15) is 0 Å². The average Bonchev–Trinajstić information content (AvgIpc) is 3.05. The summed E-state index contributed by atoms with van der Waals surface area (Å²) in [5.41, 5.74) is 1.08. The van der Waals surface area contributed by atoms with E-state index >= 15 is 0 Å². The molecule has 7 nitrogen and oxygen atoms in total. The third-order valence-electron chi connectivity index (χ3n) is 4.21. The highest BCUT2D eigenvalue weighted by Gasteiger charge is 2.33. The second kappa shape index (κ2) is 6.07. The zero-order valence-corrected chi connectivity index (χ0v) is 15.1. The van der Waals surface area contributed by atoms with Gasteiger partial charge in [0.05, 0.1) is 18.2 Å². The van der Waals surface area contributed by atoms with Crippen molar-refractivity contribution in [3.63, 3.8) is 0 Å². The highest BCUT2D eigenvalue weighted by atomic mass is 79.9. The van der Waals surface area contributed by atoms with Gasteiger partial charge in [-0.05, 0) is 24.1 Å². The standard InChI is InChI=1S/C15H16BrNO6S/c1-23-14(18)11-5-9(16)4-10-12(6-17(13(10)11)15(19)20)8-2-3-24(21,22)7-8/h4-6,8,21-22H,2-3,7H2,1H3,(H,19,20). The predicted molar refractivity (Wildman–Crippen MR) is 94.3 cm³/mol. The summed E-state index contributed by atoms with van der Waals surface area (Å²) < 4.78 is 26.1. The number of rotatable bonds is 2. The van der Waals surface area contributed by atoms with Crippen molar-refractivity contribution >= 4 is 49.5 Å². The fraction of sp³-hybridized carbons (Fsp3) is 0.333. The van der Waals surface area contributed by atoms with Gasteiger partial charge in [0.2, 0.25) is 0 Å². The third kappa shape index (κ3) is 2.92. The van der Waals surface area contributed by atoms with Gasteiger partial charge in [-0.15, -0.1) is 0 Å². The first-order chi connectivity index (χ1) is 11.2. The van der Waals surface area contributed by atoms with Crippen LogP contribution in [0.2, 0.25) is 0 Å². The smallest absolute Gasteiger partial charge is 0.416 e. The number of aromatic nitrogens is 1. The Labute approximate surface area is 147 Å². The first-order valence-corrected chi connectivity index (χ1v) is 9.81. The third-order valence-corrected chi connectivity index (χ3v) is 6.49. The van der Waals surface area contributed by atoms with E-state index in [0.717, 1.165) is 4.57 Å². The minimum absolute atomic E-state index is 0.139. The molecule has 0 spiro atoms. The van der Waals surface area contributed by atoms with Gasteiger partial charge >= 0.3 is 12.1 Å². The molecule has 2 heterocycles. The molecule has 0 bridgehead atoms. The number of hydrogen-bond acceptors (Lipinski definition) is 5. The number of ether oxygens (including phenoxy) is 1. The lowest BCUT2D eigenvalue weighted by Gasteiger charge is -2.26. The molecule has 24 heavy (non-hydrogen) atoms. The largest absolute Gasteiger partial charge is 0.465 e. The second-order valence-corrected chi connectivity index (χ2v) is 9.00. The number of benzene rings is 1. The number of carbonyl (C=O) groups excluding carboxylic acids is 1. The lowest BCUT2D eigenvalue weighted by Crippen LogP contribution is -2.10. The lowest BCUT2D eigenvalue weighted by molar-refractivity contribution is 0.0602. The van der Waals surface area contributed by atoms with Crippen molar-refractivity contribution in [2.75, 3.05) is 18.6 Å². The van der Waals surface area contributed by atoms with E-state index in [2.05, 4.69) is 15.9 Å². The van der Waals surface area contributed by atoms with Gasteiger partial charge < -0.3 is 9.84 Å². The van der Waals surface area contributed by atoms with Gasteiger partial charge in [-0.1, -0.05) is 15.9 Å². The molecule has 0 saturated carbocycles. The normalized spacial score (nSPS) is 20.9. The SMILES string of the molecule is COC(=O)c1cc(Br)cc2c(C3CCS(O)(O)C3)cn(C(=O)O)c12. The van der Waals surface area contributed by atoms with Gasteiger partial charge in [0, 0.05) is 33.5 Å². The minimum atomic E-state index is -2.62. The van der Waals surface area contributed by atoms with Gasteiger partial charge in [-0.2, -0.15) is 10.6 Å². The number of esters is 1. The molecule has 1 aromatic carbocycles. The number of hydrogen-bond donors (Lipinski definition) is 3. The van der Waals surface area contributed by atoms with Crippen LogP contribution in [0.5, 0.6) is 0 Å². The Balaban J connectivity index is 2.27. The molecule has 3 N–H and O–H groups in total. The van der Waals surface area contributed by atoms with Crippen LogP contribution >= 0.6 is 26.5 Å². The van der Waals surface area contributed by atoms with Crippen molar-refractivity contribution in [3.8, 4) is 0 Å². The number of carbonyl (C=O) groups is 2. The van der Waals surface area contributed by atoms with E-state index in [1.165, 1.54) is 19.4 Å². The summed E-state index contributed by atoms with van der Waals surface area (Å²) in [6, 6.07) is 3.25. The highest BCUT2D eigenvalue weighted by molar-refractivity contribution is 9.10. The summed E-state index contributed by atoms with van der Waals surface area (Å²) in [4.78, 5) is 23.7. The van der Waals surface area contributed by atoms with Crippen LogP contribution in [0.1, 0.15) is 28.3 Å². The van der Waals surface area contributed by atoms with E-state index in [0.29, 0.717) is 27.6 Å². The fourth-order valence-corrected chi connectivity index (χ4v) is 5.44. The van der Waals surface area contributed by atoms with Crippen LogP contribution in [0, 0.1) is 0 Å². The fourth-order valence-electron chi connectivity index (χ4n) is 3.16. The van der Waals surface area contributed by atoms with E-state index in [9.17, 15) is 23.8 Å². The van der Waals surface area contributed by atoms with Gasteiger partial charge in [0.15, 0.2) is 0 Å². The van der Waals surface area contributed by atoms with Gasteiger partial charge in [-0.25, -0.2) is 9.59 Å². The summed E-state index contributed by atoms with van der Waals surface area (Å²) in [7, 11) is -1.39. The Hall–Kier alpha value is -1.55. The highest BCUT2D eigenvalue weighted by Crippen LogP contribution is 2.53. The van der Waals surface area contributed by atoms with E-state index in [-0.39, 0.29) is 22.8 Å². The Morgan fingerprint density at radius 1 is 1.38 bits per heavy atom. The number of carboxylic acid groups (broad SMARTS) is 1. The molecule has 1 unspecified atom stereocenters. The van der Waals surface area contributed by atoms with Crippen LogP contribution in [-0.4, -0.2) is 49.5 Å². The number of halogens is 1. The monoisotopic (exact) mass is 417 g/mol. The van der Waals surface area contributed by atoms with Crippen LogP contribution in [0.25, 0.3) is 10.9 Å². The first-order valence-electron chi connectivity index (χ1n) is 7.13. The van der Waals surface area contributed by atoms with Crippen molar-refractivity contribution in [1.29, 1.82) is 0 Å². The van der Waals surface area contributed by atoms with Crippen LogP contribution in [-0.2, 0) is 4.74 Å². The molecule has 1 aromatic heterocycles. The van der Waals surface area contributed by atoms with E-state index in [4.69, 9.17) is 4.74 Å². The molecule has 3 rings (SSSR count). The summed E-state index contributed by atoms with van der Waals surface area (Å²) in [6.07, 6.45) is 0.793. The minimum Gasteiger partial charge on any atom is -0.465 e. The van der Waals surface area contributed by atoms with Crippen molar-refractivity contribution < 1.29 is 28.5 Å². The van der Waals surface area contributed by atoms with E-state index in [1.54, 1.807) is 6.07 Å². The Kier molecular flexibility index (Phi) is 4.37. The predicted octanol–water partition coefficient (Wildman–Crippen LogP) is 3.95. The molecule has 0 aliphatic carbocycles. The van der Waals surface area contributed by atoms with Crippen molar-refractivity contribution in [3.05, 3.63) is 33.9 Å². The summed E-state index contributed by atoms with van der Waals surface area (Å²) >= 11 is 3.33. The van der Waals surface area contributed by atoms with E-state index < -0.39 is 22.7 Å². The number of methoxy groups -OCH3 is 1. The van der Waals surface area contributed by atoms with Crippen LogP contribution < -0.4 is 0 Å². The Morgan fingerprint density at radius 3 is 2.62 bits per heavy atom. The van der Waals surface area contributed by atoms with Crippen molar-refractivity contribution in [2.45, 2.75) is 12.3 Å².